The summed E-state index contributed by atoms with van der Waals surface area (Å²) in [4.78, 5) is 0. The van der Waals surface area contributed by atoms with Crippen molar-refractivity contribution >= 4 is 0 Å². The molecule has 52 valence electrons. The molecule has 1 saturated heterocycles. The Morgan fingerprint density at radius 2 is 2.22 bits per heavy atom. The van der Waals surface area contributed by atoms with Crippen LogP contribution in [0.5, 0.6) is 0 Å². The minimum Gasteiger partial charge on any atom is -0.393 e. The highest BCUT2D eigenvalue weighted by Crippen LogP contribution is 2.43. The third-order valence-electron chi connectivity index (χ3n) is 2.49. The summed E-state index contributed by atoms with van der Waals surface area (Å²) in [6.07, 6.45) is 3.11. The SMILES string of the molecule is OC1CCC2(COC2)C1. The quantitative estimate of drug-likeness (QED) is 0.516. The van der Waals surface area contributed by atoms with E-state index in [2.05, 4.69) is 0 Å². The minimum absolute atomic E-state index is 0.0334. The number of ether oxygens (including phenoxy) is 1. The lowest BCUT2D eigenvalue weighted by molar-refractivity contribution is -0.112. The van der Waals surface area contributed by atoms with E-state index in [1.54, 1.807) is 0 Å². The molecule has 0 aromatic heterocycles. The molecule has 1 unspecified atom stereocenters. The predicted molar refractivity (Wildman–Crippen MR) is 33.1 cm³/mol. The fraction of sp³-hybridized carbons (Fsp3) is 1.00. The van der Waals surface area contributed by atoms with Crippen molar-refractivity contribution in [3.8, 4) is 0 Å². The lowest BCUT2D eigenvalue weighted by Gasteiger charge is -2.37. The maximum atomic E-state index is 9.17. The van der Waals surface area contributed by atoms with Crippen LogP contribution in [-0.4, -0.2) is 24.4 Å². The Morgan fingerprint density at radius 3 is 2.44 bits per heavy atom. The molecule has 1 N–H and O–H groups in total. The fourth-order valence-electron chi connectivity index (χ4n) is 1.83. The van der Waals surface area contributed by atoms with Crippen molar-refractivity contribution in [2.24, 2.45) is 5.41 Å². The maximum Gasteiger partial charge on any atom is 0.0547 e. The molecule has 1 heterocycles. The van der Waals surface area contributed by atoms with Crippen LogP contribution in [0.15, 0.2) is 0 Å². The molecule has 1 aliphatic carbocycles. The lowest BCUT2D eigenvalue weighted by Crippen LogP contribution is -2.40. The van der Waals surface area contributed by atoms with E-state index in [0.29, 0.717) is 5.41 Å². The van der Waals surface area contributed by atoms with Crippen molar-refractivity contribution in [3.05, 3.63) is 0 Å². The predicted octanol–water partition coefficient (Wildman–Crippen LogP) is 0.548. The Morgan fingerprint density at radius 1 is 1.44 bits per heavy atom. The van der Waals surface area contributed by atoms with Crippen LogP contribution in [0.25, 0.3) is 0 Å². The molecule has 2 fully saturated rings. The molecular weight excluding hydrogens is 116 g/mol. The van der Waals surface area contributed by atoms with Gasteiger partial charge in [0.1, 0.15) is 0 Å². The van der Waals surface area contributed by atoms with Crippen molar-refractivity contribution in [1.29, 1.82) is 0 Å². The van der Waals surface area contributed by atoms with Gasteiger partial charge < -0.3 is 9.84 Å². The summed E-state index contributed by atoms with van der Waals surface area (Å²) < 4.78 is 5.10. The van der Waals surface area contributed by atoms with E-state index in [9.17, 15) is 5.11 Å². The molecule has 2 nitrogen and oxygen atoms in total. The number of hydrogen-bond acceptors (Lipinski definition) is 2. The summed E-state index contributed by atoms with van der Waals surface area (Å²) in [6, 6.07) is 0. The highest BCUT2D eigenvalue weighted by Gasteiger charge is 2.44. The van der Waals surface area contributed by atoms with Gasteiger partial charge in [-0.05, 0) is 19.3 Å². The smallest absolute Gasteiger partial charge is 0.0547 e. The highest BCUT2D eigenvalue weighted by atomic mass is 16.5. The molecule has 2 heteroatoms. The second-order valence-electron chi connectivity index (χ2n) is 3.39. The Hall–Kier alpha value is -0.0800. The van der Waals surface area contributed by atoms with Crippen LogP contribution in [0.4, 0.5) is 0 Å². The average Bonchev–Trinajstić information content (AvgIpc) is 2.09. The highest BCUT2D eigenvalue weighted by molar-refractivity contribution is 4.93. The third kappa shape index (κ3) is 0.775. The van der Waals surface area contributed by atoms with Gasteiger partial charge in [0.2, 0.25) is 0 Å². The first-order valence-corrected chi connectivity index (χ1v) is 3.57. The molecule has 0 radical (unpaired) electrons. The molecular formula is C7H12O2. The topological polar surface area (TPSA) is 29.5 Å². The van der Waals surface area contributed by atoms with Gasteiger partial charge in [-0.25, -0.2) is 0 Å². The summed E-state index contributed by atoms with van der Waals surface area (Å²) in [7, 11) is 0. The summed E-state index contributed by atoms with van der Waals surface area (Å²) in [5.74, 6) is 0. The van der Waals surface area contributed by atoms with Crippen LogP contribution in [0.3, 0.4) is 0 Å². The normalized spacial score (nSPS) is 39.0. The summed E-state index contributed by atoms with van der Waals surface area (Å²) in [6.45, 7) is 1.79. The van der Waals surface area contributed by atoms with E-state index in [1.807, 2.05) is 0 Å². The molecule has 1 aliphatic heterocycles. The van der Waals surface area contributed by atoms with E-state index in [1.165, 1.54) is 6.42 Å². The van der Waals surface area contributed by atoms with E-state index in [4.69, 9.17) is 4.74 Å². The standard InChI is InChI=1S/C7H12O2/c8-6-1-2-7(3-6)4-9-5-7/h6,8H,1-5H2. The van der Waals surface area contributed by atoms with Gasteiger partial charge in [0.05, 0.1) is 19.3 Å². The van der Waals surface area contributed by atoms with Gasteiger partial charge in [-0.3, -0.25) is 0 Å². The maximum absolute atomic E-state index is 9.17. The van der Waals surface area contributed by atoms with E-state index >= 15 is 0 Å². The van der Waals surface area contributed by atoms with Gasteiger partial charge >= 0.3 is 0 Å². The van der Waals surface area contributed by atoms with Gasteiger partial charge in [-0.1, -0.05) is 0 Å². The molecule has 1 atom stereocenters. The molecule has 1 spiro atoms. The zero-order valence-corrected chi connectivity index (χ0v) is 5.47. The van der Waals surface area contributed by atoms with Crippen molar-refractivity contribution < 1.29 is 9.84 Å². The van der Waals surface area contributed by atoms with E-state index < -0.39 is 0 Å². The van der Waals surface area contributed by atoms with Crippen molar-refractivity contribution in [3.63, 3.8) is 0 Å². The van der Waals surface area contributed by atoms with Gasteiger partial charge in [-0.2, -0.15) is 0 Å². The first-order valence-electron chi connectivity index (χ1n) is 3.57. The molecule has 0 aromatic rings. The van der Waals surface area contributed by atoms with Crippen molar-refractivity contribution in [2.75, 3.05) is 13.2 Å². The Bertz CT molecular complexity index is 118. The van der Waals surface area contributed by atoms with Crippen LogP contribution in [0.1, 0.15) is 19.3 Å². The number of rotatable bonds is 0. The Balaban J connectivity index is 1.99. The summed E-state index contributed by atoms with van der Waals surface area (Å²) >= 11 is 0. The van der Waals surface area contributed by atoms with Crippen LogP contribution in [-0.2, 0) is 4.74 Å². The average molecular weight is 128 g/mol. The third-order valence-corrected chi connectivity index (χ3v) is 2.49. The van der Waals surface area contributed by atoms with Crippen molar-refractivity contribution in [1.82, 2.24) is 0 Å². The second kappa shape index (κ2) is 1.70. The molecule has 2 rings (SSSR count). The number of aliphatic hydroxyl groups excluding tert-OH is 1. The monoisotopic (exact) mass is 128 g/mol. The first-order chi connectivity index (χ1) is 4.31. The number of aliphatic hydroxyl groups is 1. The van der Waals surface area contributed by atoms with E-state index in [0.717, 1.165) is 26.1 Å². The molecule has 0 aromatic carbocycles. The van der Waals surface area contributed by atoms with Crippen molar-refractivity contribution in [2.45, 2.75) is 25.4 Å². The molecule has 0 amide bonds. The first kappa shape index (κ1) is 5.69. The Kier molecular flexibility index (Phi) is 1.08. The molecule has 1 saturated carbocycles. The summed E-state index contributed by atoms with van der Waals surface area (Å²) in [5.41, 5.74) is 0.416. The van der Waals surface area contributed by atoms with Gasteiger partial charge in [-0.15, -0.1) is 0 Å². The Labute approximate surface area is 54.8 Å². The lowest BCUT2D eigenvalue weighted by atomic mass is 9.84. The van der Waals surface area contributed by atoms with Crippen LogP contribution < -0.4 is 0 Å². The molecule has 9 heavy (non-hydrogen) atoms. The van der Waals surface area contributed by atoms with Crippen LogP contribution >= 0.6 is 0 Å². The van der Waals surface area contributed by atoms with Gasteiger partial charge in [0.15, 0.2) is 0 Å². The van der Waals surface area contributed by atoms with Crippen LogP contribution in [0.2, 0.25) is 0 Å². The molecule has 2 aliphatic rings. The van der Waals surface area contributed by atoms with Gasteiger partial charge in [0.25, 0.3) is 0 Å². The van der Waals surface area contributed by atoms with Crippen LogP contribution in [0, 0.1) is 5.41 Å². The van der Waals surface area contributed by atoms with E-state index in [-0.39, 0.29) is 6.10 Å². The fourth-order valence-corrected chi connectivity index (χ4v) is 1.83. The second-order valence-corrected chi connectivity index (χ2v) is 3.39. The summed E-state index contributed by atoms with van der Waals surface area (Å²) in [5, 5.41) is 9.17. The number of hydrogen-bond donors (Lipinski definition) is 1. The zero-order chi connectivity index (χ0) is 6.32. The van der Waals surface area contributed by atoms with Gasteiger partial charge in [0, 0.05) is 5.41 Å². The zero-order valence-electron chi connectivity index (χ0n) is 5.47. The largest absolute Gasteiger partial charge is 0.393 e. The minimum atomic E-state index is -0.0334. The molecule has 0 bridgehead atoms.